The average molecular weight is 189 g/mol. The highest BCUT2D eigenvalue weighted by atomic mass is 14.7. The van der Waals surface area contributed by atoms with Crippen molar-refractivity contribution in [2.24, 2.45) is 0 Å². The molecular weight excluding hydrogens is 170 g/mol. The van der Waals surface area contributed by atoms with E-state index in [9.17, 15) is 0 Å². The van der Waals surface area contributed by atoms with Gasteiger partial charge in [0.15, 0.2) is 0 Å². The Morgan fingerprint density at radius 2 is 1.93 bits per heavy atom. The molecular formula is C13H19N. The van der Waals surface area contributed by atoms with E-state index >= 15 is 0 Å². The van der Waals surface area contributed by atoms with Crippen molar-refractivity contribution in [3.8, 4) is 0 Å². The van der Waals surface area contributed by atoms with Gasteiger partial charge in [-0.1, -0.05) is 26.0 Å². The van der Waals surface area contributed by atoms with Crippen molar-refractivity contribution < 1.29 is 0 Å². The maximum Gasteiger partial charge on any atom is 0.0482 e. The van der Waals surface area contributed by atoms with Crippen LogP contribution >= 0.6 is 0 Å². The second-order valence-electron chi connectivity index (χ2n) is 3.37. The molecule has 1 aromatic rings. The minimum Gasteiger partial charge on any atom is -0.257 e. The smallest absolute Gasteiger partial charge is 0.0482 e. The van der Waals surface area contributed by atoms with Gasteiger partial charge in [-0.05, 0) is 43.9 Å². The molecule has 0 saturated heterocycles. The van der Waals surface area contributed by atoms with E-state index in [1.54, 1.807) is 0 Å². The third kappa shape index (κ3) is 2.22. The van der Waals surface area contributed by atoms with Crippen LogP contribution in [0.2, 0.25) is 0 Å². The van der Waals surface area contributed by atoms with Gasteiger partial charge in [-0.2, -0.15) is 0 Å². The molecule has 0 spiro atoms. The van der Waals surface area contributed by atoms with Gasteiger partial charge in [-0.25, -0.2) is 0 Å². The first-order valence-electron chi connectivity index (χ1n) is 5.41. The number of hydrogen-bond acceptors (Lipinski definition) is 1. The third-order valence-corrected chi connectivity index (χ3v) is 2.42. The molecule has 14 heavy (non-hydrogen) atoms. The van der Waals surface area contributed by atoms with Gasteiger partial charge in [0, 0.05) is 11.4 Å². The molecule has 0 bridgehead atoms. The first-order valence-corrected chi connectivity index (χ1v) is 5.41. The summed E-state index contributed by atoms with van der Waals surface area (Å²) in [5.74, 6) is 0. The Morgan fingerprint density at radius 1 is 1.21 bits per heavy atom. The SMILES string of the molecule is CC.Cc1cc2c(nc1C)CCC=C2. The van der Waals surface area contributed by atoms with Crippen LogP contribution in [0, 0.1) is 13.8 Å². The summed E-state index contributed by atoms with van der Waals surface area (Å²) in [5.41, 5.74) is 5.04. The monoisotopic (exact) mass is 189 g/mol. The number of hydrogen-bond donors (Lipinski definition) is 0. The van der Waals surface area contributed by atoms with Crippen molar-refractivity contribution in [3.63, 3.8) is 0 Å². The normalized spacial score (nSPS) is 12.9. The highest BCUT2D eigenvalue weighted by Crippen LogP contribution is 2.19. The molecule has 0 radical (unpaired) electrons. The second kappa shape index (κ2) is 4.94. The first-order chi connectivity index (χ1) is 6.77. The summed E-state index contributed by atoms with van der Waals surface area (Å²) < 4.78 is 0. The molecule has 0 aliphatic heterocycles. The van der Waals surface area contributed by atoms with Gasteiger partial charge in [-0.15, -0.1) is 0 Å². The summed E-state index contributed by atoms with van der Waals surface area (Å²) in [5, 5.41) is 0. The van der Waals surface area contributed by atoms with E-state index in [4.69, 9.17) is 0 Å². The van der Waals surface area contributed by atoms with Crippen LogP contribution in [0.25, 0.3) is 6.08 Å². The predicted octanol–water partition coefficient (Wildman–Crippen LogP) is 3.68. The van der Waals surface area contributed by atoms with Gasteiger partial charge >= 0.3 is 0 Å². The van der Waals surface area contributed by atoms with Crippen LogP contribution in [0.1, 0.15) is 42.8 Å². The Morgan fingerprint density at radius 3 is 2.64 bits per heavy atom. The molecule has 1 aliphatic rings. The quantitative estimate of drug-likeness (QED) is 0.606. The topological polar surface area (TPSA) is 12.9 Å². The molecule has 0 N–H and O–H groups in total. The zero-order valence-corrected chi connectivity index (χ0v) is 9.59. The molecule has 1 heterocycles. The number of fused-ring (bicyclic) bond motifs is 1. The van der Waals surface area contributed by atoms with Gasteiger partial charge in [0.2, 0.25) is 0 Å². The summed E-state index contributed by atoms with van der Waals surface area (Å²) in [4.78, 5) is 4.56. The van der Waals surface area contributed by atoms with Crippen LogP contribution in [0.15, 0.2) is 12.1 Å². The Labute approximate surface area is 86.9 Å². The standard InChI is InChI=1S/C11H13N.C2H6/c1-8-7-10-5-3-4-6-11(10)12-9(8)2;1-2/h3,5,7H,4,6H2,1-2H3;1-2H3. The summed E-state index contributed by atoms with van der Waals surface area (Å²) in [6.45, 7) is 8.19. The van der Waals surface area contributed by atoms with E-state index in [1.807, 2.05) is 13.8 Å². The summed E-state index contributed by atoms with van der Waals surface area (Å²) in [7, 11) is 0. The average Bonchev–Trinajstić information content (AvgIpc) is 2.23. The highest BCUT2D eigenvalue weighted by molar-refractivity contribution is 5.55. The lowest BCUT2D eigenvalue weighted by Crippen LogP contribution is -2.01. The van der Waals surface area contributed by atoms with E-state index in [0.717, 1.165) is 12.8 Å². The molecule has 1 aromatic heterocycles. The number of pyridine rings is 1. The molecule has 2 rings (SSSR count). The number of aromatic nitrogens is 1. The molecule has 1 nitrogen and oxygen atoms in total. The summed E-state index contributed by atoms with van der Waals surface area (Å²) in [6.07, 6.45) is 6.65. The van der Waals surface area contributed by atoms with Crippen LogP contribution in [0.3, 0.4) is 0 Å². The van der Waals surface area contributed by atoms with Crippen molar-refractivity contribution in [3.05, 3.63) is 34.7 Å². The van der Waals surface area contributed by atoms with Crippen molar-refractivity contribution in [2.75, 3.05) is 0 Å². The van der Waals surface area contributed by atoms with Gasteiger partial charge in [0.05, 0.1) is 0 Å². The van der Waals surface area contributed by atoms with E-state index in [2.05, 4.69) is 37.0 Å². The van der Waals surface area contributed by atoms with E-state index < -0.39 is 0 Å². The molecule has 0 atom stereocenters. The van der Waals surface area contributed by atoms with Gasteiger partial charge in [0.25, 0.3) is 0 Å². The van der Waals surface area contributed by atoms with E-state index in [-0.39, 0.29) is 0 Å². The second-order valence-corrected chi connectivity index (χ2v) is 3.37. The van der Waals surface area contributed by atoms with Crippen LogP contribution in [0.5, 0.6) is 0 Å². The van der Waals surface area contributed by atoms with Crippen molar-refractivity contribution in [1.82, 2.24) is 4.98 Å². The van der Waals surface area contributed by atoms with Gasteiger partial charge in [0.1, 0.15) is 0 Å². The predicted molar refractivity (Wildman–Crippen MR) is 62.4 cm³/mol. The Bertz CT molecular complexity index is 337. The summed E-state index contributed by atoms with van der Waals surface area (Å²) >= 11 is 0. The fourth-order valence-corrected chi connectivity index (χ4v) is 1.55. The molecule has 0 saturated carbocycles. The first kappa shape index (κ1) is 11.0. The van der Waals surface area contributed by atoms with E-state index in [0.29, 0.717) is 0 Å². The Kier molecular flexibility index (Phi) is 3.87. The van der Waals surface area contributed by atoms with Crippen molar-refractivity contribution in [2.45, 2.75) is 40.5 Å². The highest BCUT2D eigenvalue weighted by Gasteiger charge is 2.06. The largest absolute Gasteiger partial charge is 0.257 e. The zero-order valence-electron chi connectivity index (χ0n) is 9.59. The minimum absolute atomic E-state index is 1.10. The fourth-order valence-electron chi connectivity index (χ4n) is 1.55. The molecule has 0 amide bonds. The zero-order chi connectivity index (χ0) is 10.6. The third-order valence-electron chi connectivity index (χ3n) is 2.42. The van der Waals surface area contributed by atoms with Gasteiger partial charge in [-0.3, -0.25) is 4.98 Å². The lowest BCUT2D eigenvalue weighted by Gasteiger charge is -2.11. The maximum absolute atomic E-state index is 4.56. The molecule has 0 fully saturated rings. The van der Waals surface area contributed by atoms with Crippen molar-refractivity contribution in [1.29, 1.82) is 0 Å². The van der Waals surface area contributed by atoms with Crippen LogP contribution < -0.4 is 0 Å². The van der Waals surface area contributed by atoms with Crippen LogP contribution in [0.4, 0.5) is 0 Å². The minimum atomic E-state index is 1.10. The number of aryl methyl sites for hydroxylation is 3. The molecule has 1 heteroatoms. The van der Waals surface area contributed by atoms with Crippen LogP contribution in [-0.4, -0.2) is 4.98 Å². The van der Waals surface area contributed by atoms with Crippen molar-refractivity contribution >= 4 is 6.08 Å². The molecule has 76 valence electrons. The molecule has 1 aliphatic carbocycles. The van der Waals surface area contributed by atoms with Crippen LogP contribution in [-0.2, 0) is 6.42 Å². The van der Waals surface area contributed by atoms with Gasteiger partial charge < -0.3 is 0 Å². The summed E-state index contributed by atoms with van der Waals surface area (Å²) in [6, 6.07) is 2.23. The molecule has 0 aromatic carbocycles. The number of nitrogens with zero attached hydrogens (tertiary/aromatic N) is 1. The lowest BCUT2D eigenvalue weighted by molar-refractivity contribution is 0.907. The Hall–Kier alpha value is -1.11. The van der Waals surface area contributed by atoms with E-state index in [1.165, 1.54) is 22.5 Å². The fraction of sp³-hybridized carbons (Fsp3) is 0.462. The Balaban J connectivity index is 0.000000461. The number of allylic oxidation sites excluding steroid dienone is 1. The lowest BCUT2D eigenvalue weighted by atomic mass is 10.0. The number of rotatable bonds is 0. The maximum atomic E-state index is 4.56. The molecule has 0 unspecified atom stereocenters.